The van der Waals surface area contributed by atoms with E-state index in [0.717, 1.165) is 24.3 Å². The van der Waals surface area contributed by atoms with E-state index in [1.807, 2.05) is 0 Å². The number of anilines is 1. The van der Waals surface area contributed by atoms with E-state index in [1.165, 1.54) is 23.9 Å². The molecule has 1 N–H and O–H groups in total. The number of nitrogens with zero attached hydrogens (tertiary/aromatic N) is 1. The largest absolute Gasteiger partial charge is 0.501 e. The number of carbonyl (C=O) groups excluding carboxylic acids is 1. The van der Waals surface area contributed by atoms with Crippen LogP contribution in [0.4, 0.5) is 23.2 Å². The van der Waals surface area contributed by atoms with Gasteiger partial charge in [0.05, 0.1) is 9.94 Å². The first-order valence-electron chi connectivity index (χ1n) is 7.77. The Balaban J connectivity index is 1.69. The number of rotatable bonds is 4. The summed E-state index contributed by atoms with van der Waals surface area (Å²) in [7, 11) is -5.44. The summed E-state index contributed by atoms with van der Waals surface area (Å²) in [5.74, 6) is -0.535. The summed E-state index contributed by atoms with van der Waals surface area (Å²) in [5.41, 5.74) is -4.59. The van der Waals surface area contributed by atoms with Gasteiger partial charge in [0.25, 0.3) is 9.84 Å². The number of hydrogen-bond acceptors (Lipinski definition) is 5. The molecular weight excluding hydrogens is 420 g/mol. The van der Waals surface area contributed by atoms with Gasteiger partial charge in [0.15, 0.2) is 0 Å². The lowest BCUT2D eigenvalue weighted by Gasteiger charge is -2.10. The normalized spacial score (nSPS) is 17.3. The molecule has 0 saturated carbocycles. The van der Waals surface area contributed by atoms with Crippen molar-refractivity contribution in [1.29, 1.82) is 0 Å². The zero-order valence-electron chi connectivity index (χ0n) is 13.9. The number of benzene rings is 2. The molecule has 2 aromatic carbocycles. The molecule has 1 unspecified atom stereocenters. The summed E-state index contributed by atoms with van der Waals surface area (Å²) in [6, 6.07) is 8.60. The third-order valence-corrected chi connectivity index (χ3v) is 6.38. The van der Waals surface area contributed by atoms with Crippen molar-refractivity contribution in [2.24, 2.45) is 4.99 Å². The van der Waals surface area contributed by atoms with Crippen molar-refractivity contribution in [2.75, 3.05) is 11.1 Å². The van der Waals surface area contributed by atoms with E-state index in [0.29, 0.717) is 16.4 Å². The van der Waals surface area contributed by atoms with Gasteiger partial charge < -0.3 is 5.32 Å². The molecule has 148 valence electrons. The van der Waals surface area contributed by atoms with Crippen LogP contribution < -0.4 is 5.32 Å². The predicted octanol–water partition coefficient (Wildman–Crippen LogP) is 3.62. The highest BCUT2D eigenvalue weighted by molar-refractivity contribution is 8.14. The molecule has 0 aromatic heterocycles. The summed E-state index contributed by atoms with van der Waals surface area (Å²) >= 11 is 1.32. The van der Waals surface area contributed by atoms with Crippen molar-refractivity contribution in [3.05, 3.63) is 59.9 Å². The van der Waals surface area contributed by atoms with E-state index in [2.05, 4.69) is 10.3 Å². The monoisotopic (exact) mass is 432 g/mol. The van der Waals surface area contributed by atoms with Gasteiger partial charge >= 0.3 is 5.51 Å². The molecule has 0 aliphatic carbocycles. The first kappa shape index (κ1) is 20.3. The third-order valence-electron chi connectivity index (χ3n) is 3.78. The van der Waals surface area contributed by atoms with Crippen molar-refractivity contribution in [2.45, 2.75) is 16.4 Å². The van der Waals surface area contributed by atoms with Crippen LogP contribution in [0.5, 0.6) is 0 Å². The Morgan fingerprint density at radius 1 is 1.07 bits per heavy atom. The first-order valence-corrected chi connectivity index (χ1v) is 10.2. The van der Waals surface area contributed by atoms with Gasteiger partial charge in [-0.25, -0.2) is 12.8 Å². The van der Waals surface area contributed by atoms with Gasteiger partial charge in [0.1, 0.15) is 11.9 Å². The summed E-state index contributed by atoms with van der Waals surface area (Å²) in [5, 5.41) is 3.06. The Hall–Kier alpha value is -2.40. The Morgan fingerprint density at radius 3 is 2.25 bits per heavy atom. The van der Waals surface area contributed by atoms with Crippen LogP contribution in [-0.4, -0.2) is 36.7 Å². The minimum absolute atomic E-state index is 0.140. The fraction of sp³-hybridized carbons (Fsp3) is 0.176. The number of nitrogens with one attached hydrogen (secondary N) is 1. The van der Waals surface area contributed by atoms with Crippen LogP contribution in [0.1, 0.15) is 5.56 Å². The minimum Gasteiger partial charge on any atom is -0.324 e. The van der Waals surface area contributed by atoms with E-state index in [1.54, 1.807) is 12.1 Å². The van der Waals surface area contributed by atoms with Crippen LogP contribution in [0.3, 0.4) is 0 Å². The Morgan fingerprint density at radius 2 is 1.68 bits per heavy atom. The van der Waals surface area contributed by atoms with Crippen LogP contribution in [0.2, 0.25) is 0 Å². The maximum atomic E-state index is 13.0. The number of thioether (sulfide) groups is 1. The smallest absolute Gasteiger partial charge is 0.324 e. The number of carbonyl (C=O) groups is 1. The number of aliphatic imine (C=N–C) groups is 1. The van der Waals surface area contributed by atoms with Crippen molar-refractivity contribution < 1.29 is 30.8 Å². The molecule has 0 fully saturated rings. The van der Waals surface area contributed by atoms with Crippen molar-refractivity contribution in [3.63, 3.8) is 0 Å². The van der Waals surface area contributed by atoms with Gasteiger partial charge in [0, 0.05) is 17.0 Å². The van der Waals surface area contributed by atoms with E-state index in [4.69, 9.17) is 0 Å². The highest BCUT2D eigenvalue weighted by atomic mass is 32.2. The number of alkyl halides is 3. The van der Waals surface area contributed by atoms with E-state index in [9.17, 15) is 30.8 Å². The summed E-state index contributed by atoms with van der Waals surface area (Å²) < 4.78 is 73.3. The maximum Gasteiger partial charge on any atom is 0.501 e. The van der Waals surface area contributed by atoms with E-state index >= 15 is 0 Å². The van der Waals surface area contributed by atoms with Gasteiger partial charge in [-0.2, -0.15) is 13.2 Å². The second-order valence-corrected chi connectivity index (χ2v) is 8.68. The van der Waals surface area contributed by atoms with Crippen LogP contribution in [0.25, 0.3) is 0 Å². The summed E-state index contributed by atoms with van der Waals surface area (Å²) in [6.45, 7) is 0. The third kappa shape index (κ3) is 4.20. The number of sulfone groups is 1. The SMILES string of the molecule is O=C(Nc1ccc(S(=O)(=O)C(F)(F)F)cc1)C1CSC(c2ccc(F)cc2)=N1. The molecule has 5 nitrogen and oxygen atoms in total. The van der Waals surface area contributed by atoms with Crippen LogP contribution in [0.15, 0.2) is 58.4 Å². The average Bonchev–Trinajstić information content (AvgIpc) is 3.12. The standard InChI is InChI=1S/C17H12F4N2O3S2/c18-11-3-1-10(2-4-11)16-23-14(9-27-16)15(24)22-12-5-7-13(8-6-12)28(25,26)17(19,20)21/h1-8,14H,9H2,(H,22,24). The van der Waals surface area contributed by atoms with Gasteiger partial charge in [-0.3, -0.25) is 9.79 Å². The second kappa shape index (κ2) is 7.55. The molecule has 2 aromatic rings. The lowest BCUT2D eigenvalue weighted by molar-refractivity contribution is -0.116. The number of hydrogen-bond donors (Lipinski definition) is 1. The van der Waals surface area contributed by atoms with Crippen LogP contribution in [0, 0.1) is 5.82 Å². The molecule has 1 aliphatic rings. The molecule has 1 aliphatic heterocycles. The average molecular weight is 432 g/mol. The molecule has 3 rings (SSSR count). The quantitative estimate of drug-likeness (QED) is 0.749. The van der Waals surface area contributed by atoms with Gasteiger partial charge in [-0.15, -0.1) is 11.8 Å². The molecular formula is C17H12F4N2O3S2. The number of halogens is 4. The molecule has 11 heteroatoms. The van der Waals surface area contributed by atoms with E-state index < -0.39 is 38.0 Å². The van der Waals surface area contributed by atoms with Crippen LogP contribution in [-0.2, 0) is 14.6 Å². The topological polar surface area (TPSA) is 75.6 Å². The second-order valence-electron chi connectivity index (χ2n) is 5.73. The summed E-state index contributed by atoms with van der Waals surface area (Å²) in [4.78, 5) is 15.7. The van der Waals surface area contributed by atoms with Gasteiger partial charge in [-0.1, -0.05) is 0 Å². The Labute approximate surface area is 161 Å². The Bertz CT molecular complexity index is 1020. The van der Waals surface area contributed by atoms with Crippen molar-refractivity contribution in [1.82, 2.24) is 0 Å². The van der Waals surface area contributed by atoms with Crippen molar-refractivity contribution >= 4 is 38.2 Å². The molecule has 0 spiro atoms. The van der Waals surface area contributed by atoms with Crippen LogP contribution >= 0.6 is 11.8 Å². The molecule has 1 atom stereocenters. The predicted molar refractivity (Wildman–Crippen MR) is 97.5 cm³/mol. The highest BCUT2D eigenvalue weighted by Gasteiger charge is 2.46. The molecule has 0 bridgehead atoms. The summed E-state index contributed by atoms with van der Waals surface area (Å²) in [6.07, 6.45) is 0. The molecule has 1 heterocycles. The van der Waals surface area contributed by atoms with Gasteiger partial charge in [0.2, 0.25) is 5.91 Å². The zero-order valence-corrected chi connectivity index (χ0v) is 15.5. The fourth-order valence-corrected chi connectivity index (χ4v) is 4.14. The minimum atomic E-state index is -5.44. The first-order chi connectivity index (χ1) is 13.1. The zero-order chi connectivity index (χ0) is 20.5. The lowest BCUT2D eigenvalue weighted by Crippen LogP contribution is -2.26. The Kier molecular flexibility index (Phi) is 5.48. The van der Waals surface area contributed by atoms with Crippen molar-refractivity contribution in [3.8, 4) is 0 Å². The highest BCUT2D eigenvalue weighted by Crippen LogP contribution is 2.31. The van der Waals surface area contributed by atoms with E-state index in [-0.39, 0.29) is 5.69 Å². The lowest BCUT2D eigenvalue weighted by atomic mass is 10.2. The molecule has 1 amide bonds. The molecule has 0 saturated heterocycles. The number of amides is 1. The fourth-order valence-electron chi connectivity index (χ4n) is 2.34. The maximum absolute atomic E-state index is 13.0. The molecule has 0 radical (unpaired) electrons. The molecule has 28 heavy (non-hydrogen) atoms. The van der Waals surface area contributed by atoms with Gasteiger partial charge in [-0.05, 0) is 48.5 Å².